The lowest BCUT2D eigenvalue weighted by atomic mass is 10.2. The van der Waals surface area contributed by atoms with Crippen LogP contribution in [0.5, 0.6) is 0 Å². The Labute approximate surface area is 173 Å². The van der Waals surface area contributed by atoms with Crippen LogP contribution in [0.1, 0.15) is 10.9 Å². The molecule has 0 aliphatic carbocycles. The minimum atomic E-state index is -0.000110. The van der Waals surface area contributed by atoms with E-state index in [-0.39, 0.29) is 24.2 Å². The standard InChI is InChI=1S/C21H24N4O3S/c26-21(22-8-16-4-3-7-29-16)11-24-9-19-20(10-24)28-13-15(12-27-19)25-14-23-17-5-1-2-6-18(17)25/h1-7,14-15,19-20H,8-13H2,(H,22,26)/t19-,20-/m0/s1. The Morgan fingerprint density at radius 2 is 1.93 bits per heavy atom. The molecule has 1 N–H and O–H groups in total. The average Bonchev–Trinajstić information content (AvgIpc) is 3.45. The molecule has 5 rings (SSSR count). The number of aromatic nitrogens is 2. The molecule has 0 unspecified atom stereocenters. The molecule has 1 aromatic carbocycles. The Morgan fingerprint density at radius 1 is 1.14 bits per heavy atom. The summed E-state index contributed by atoms with van der Waals surface area (Å²) in [5.41, 5.74) is 2.08. The Balaban J connectivity index is 1.15. The molecule has 2 aromatic heterocycles. The number of carbonyl (C=O) groups excluding carboxylic acids is 1. The molecule has 3 aromatic rings. The summed E-state index contributed by atoms with van der Waals surface area (Å²) >= 11 is 1.65. The molecule has 2 fully saturated rings. The van der Waals surface area contributed by atoms with Crippen LogP contribution in [0, 0.1) is 0 Å². The summed E-state index contributed by atoms with van der Waals surface area (Å²) in [6.07, 6.45) is 1.87. The summed E-state index contributed by atoms with van der Waals surface area (Å²) < 4.78 is 14.5. The van der Waals surface area contributed by atoms with Gasteiger partial charge in [-0.15, -0.1) is 11.3 Å². The fraction of sp³-hybridized carbons (Fsp3) is 0.429. The lowest BCUT2D eigenvalue weighted by molar-refractivity contribution is -0.122. The third-order valence-corrected chi connectivity index (χ3v) is 6.45. The smallest absolute Gasteiger partial charge is 0.234 e. The van der Waals surface area contributed by atoms with Gasteiger partial charge in [0, 0.05) is 18.0 Å². The van der Waals surface area contributed by atoms with Crippen molar-refractivity contribution in [3.8, 4) is 0 Å². The molecule has 0 radical (unpaired) electrons. The second kappa shape index (κ2) is 8.23. The fourth-order valence-corrected chi connectivity index (χ4v) is 4.72. The van der Waals surface area contributed by atoms with Gasteiger partial charge in [0.15, 0.2) is 0 Å². The first-order valence-electron chi connectivity index (χ1n) is 9.92. The Hall–Kier alpha value is -2.26. The predicted octanol–water partition coefficient (Wildman–Crippen LogP) is 2.05. The molecule has 1 amide bonds. The highest BCUT2D eigenvalue weighted by Crippen LogP contribution is 2.26. The highest BCUT2D eigenvalue weighted by atomic mass is 32.1. The number of hydrogen-bond donors (Lipinski definition) is 1. The van der Waals surface area contributed by atoms with Crippen LogP contribution in [0.2, 0.25) is 0 Å². The van der Waals surface area contributed by atoms with Gasteiger partial charge in [-0.2, -0.15) is 0 Å². The molecule has 0 saturated carbocycles. The number of hydrogen-bond acceptors (Lipinski definition) is 6. The summed E-state index contributed by atoms with van der Waals surface area (Å²) in [5, 5.41) is 5.00. The van der Waals surface area contributed by atoms with Gasteiger partial charge in [0.25, 0.3) is 0 Å². The lowest BCUT2D eigenvalue weighted by Crippen LogP contribution is -2.36. The van der Waals surface area contributed by atoms with E-state index >= 15 is 0 Å². The van der Waals surface area contributed by atoms with Crippen LogP contribution >= 0.6 is 11.3 Å². The zero-order chi connectivity index (χ0) is 19.6. The Kier molecular flexibility index (Phi) is 5.32. The van der Waals surface area contributed by atoms with Crippen LogP contribution in [0.15, 0.2) is 48.1 Å². The second-order valence-corrected chi connectivity index (χ2v) is 8.62. The van der Waals surface area contributed by atoms with Crippen molar-refractivity contribution in [1.82, 2.24) is 19.8 Å². The Bertz CT molecular complexity index is 957. The van der Waals surface area contributed by atoms with E-state index in [1.54, 1.807) is 11.3 Å². The van der Waals surface area contributed by atoms with Crippen molar-refractivity contribution in [2.45, 2.75) is 24.8 Å². The van der Waals surface area contributed by atoms with Gasteiger partial charge in [-0.05, 0) is 23.6 Å². The van der Waals surface area contributed by atoms with Gasteiger partial charge in [-0.25, -0.2) is 4.98 Å². The van der Waals surface area contributed by atoms with Gasteiger partial charge in [0.1, 0.15) is 0 Å². The van der Waals surface area contributed by atoms with Gasteiger partial charge < -0.3 is 19.4 Å². The molecule has 2 saturated heterocycles. The highest BCUT2D eigenvalue weighted by molar-refractivity contribution is 7.09. The molecule has 2 atom stereocenters. The topological polar surface area (TPSA) is 68.6 Å². The maximum atomic E-state index is 12.3. The van der Waals surface area contributed by atoms with Crippen molar-refractivity contribution in [3.63, 3.8) is 0 Å². The maximum absolute atomic E-state index is 12.3. The monoisotopic (exact) mass is 412 g/mol. The molecule has 8 heteroatoms. The molecule has 29 heavy (non-hydrogen) atoms. The molecule has 2 aliphatic heterocycles. The third kappa shape index (κ3) is 4.06. The second-order valence-electron chi connectivity index (χ2n) is 7.59. The minimum absolute atomic E-state index is 0.000110. The van der Waals surface area contributed by atoms with E-state index in [1.807, 2.05) is 42.0 Å². The predicted molar refractivity (Wildman–Crippen MR) is 111 cm³/mol. The molecular formula is C21H24N4O3S. The summed E-state index contributed by atoms with van der Waals surface area (Å²) in [4.78, 5) is 20.0. The number of rotatable bonds is 5. The van der Waals surface area contributed by atoms with E-state index in [9.17, 15) is 4.79 Å². The number of fused-ring (bicyclic) bond motifs is 2. The van der Waals surface area contributed by atoms with Crippen molar-refractivity contribution < 1.29 is 14.3 Å². The molecule has 7 nitrogen and oxygen atoms in total. The van der Waals surface area contributed by atoms with Crippen LogP contribution in [0.25, 0.3) is 11.0 Å². The van der Waals surface area contributed by atoms with E-state index in [0.29, 0.717) is 39.4 Å². The summed E-state index contributed by atoms with van der Waals surface area (Å²) in [6, 6.07) is 12.2. The normalized spacial score (nSPS) is 23.2. The van der Waals surface area contributed by atoms with Crippen LogP contribution in [-0.2, 0) is 20.8 Å². The number of imidazole rings is 1. The molecular weight excluding hydrogens is 388 g/mol. The lowest BCUT2D eigenvalue weighted by Gasteiger charge is -2.19. The van der Waals surface area contributed by atoms with Crippen molar-refractivity contribution in [1.29, 1.82) is 0 Å². The van der Waals surface area contributed by atoms with Gasteiger partial charge >= 0.3 is 0 Å². The van der Waals surface area contributed by atoms with Gasteiger partial charge in [0.05, 0.1) is 61.9 Å². The van der Waals surface area contributed by atoms with E-state index in [1.165, 1.54) is 0 Å². The molecule has 0 bridgehead atoms. The van der Waals surface area contributed by atoms with Crippen molar-refractivity contribution in [2.75, 3.05) is 32.8 Å². The van der Waals surface area contributed by atoms with Gasteiger partial charge in [0.2, 0.25) is 5.91 Å². The van der Waals surface area contributed by atoms with Crippen molar-refractivity contribution >= 4 is 28.3 Å². The van der Waals surface area contributed by atoms with E-state index in [2.05, 4.69) is 25.8 Å². The third-order valence-electron chi connectivity index (χ3n) is 5.58. The van der Waals surface area contributed by atoms with E-state index in [0.717, 1.165) is 15.9 Å². The van der Waals surface area contributed by atoms with Crippen molar-refractivity contribution in [3.05, 3.63) is 53.0 Å². The first-order valence-corrected chi connectivity index (χ1v) is 10.8. The first-order chi connectivity index (χ1) is 14.3. The zero-order valence-corrected chi connectivity index (χ0v) is 16.9. The van der Waals surface area contributed by atoms with E-state index in [4.69, 9.17) is 9.47 Å². The molecule has 4 heterocycles. The minimum Gasteiger partial charge on any atom is -0.372 e. The van der Waals surface area contributed by atoms with Gasteiger partial charge in [-0.3, -0.25) is 9.69 Å². The van der Waals surface area contributed by atoms with E-state index < -0.39 is 0 Å². The SMILES string of the molecule is O=C(CN1C[C@@H]2OCC(n3cnc4ccccc43)CO[C@H]2C1)NCc1cccs1. The first kappa shape index (κ1) is 18.7. The molecule has 152 valence electrons. The number of nitrogens with zero attached hydrogens (tertiary/aromatic N) is 3. The number of benzene rings is 1. The number of amides is 1. The molecule has 0 spiro atoms. The Morgan fingerprint density at radius 3 is 2.69 bits per heavy atom. The largest absolute Gasteiger partial charge is 0.372 e. The number of nitrogens with one attached hydrogen (secondary N) is 1. The number of likely N-dealkylation sites (tertiary alicyclic amines) is 1. The quantitative estimate of drug-likeness (QED) is 0.695. The zero-order valence-electron chi connectivity index (χ0n) is 16.1. The summed E-state index contributed by atoms with van der Waals surface area (Å²) in [6.45, 7) is 3.56. The van der Waals surface area contributed by atoms with Crippen LogP contribution in [0.4, 0.5) is 0 Å². The number of thiophene rings is 1. The average molecular weight is 413 g/mol. The number of ether oxygens (including phenoxy) is 2. The fourth-order valence-electron chi connectivity index (χ4n) is 4.07. The number of para-hydroxylation sites is 2. The summed E-state index contributed by atoms with van der Waals surface area (Å²) in [5.74, 6) is 0.0395. The molecule has 2 aliphatic rings. The van der Waals surface area contributed by atoms with Crippen LogP contribution in [-0.4, -0.2) is 65.4 Å². The summed E-state index contributed by atoms with van der Waals surface area (Å²) in [7, 11) is 0. The highest BCUT2D eigenvalue weighted by Gasteiger charge is 2.38. The van der Waals surface area contributed by atoms with Gasteiger partial charge in [-0.1, -0.05) is 18.2 Å². The number of carbonyl (C=O) groups is 1. The maximum Gasteiger partial charge on any atom is 0.234 e. The van der Waals surface area contributed by atoms with Crippen LogP contribution < -0.4 is 5.32 Å². The van der Waals surface area contributed by atoms with Crippen LogP contribution in [0.3, 0.4) is 0 Å². The van der Waals surface area contributed by atoms with Crippen molar-refractivity contribution in [2.24, 2.45) is 0 Å².